The van der Waals surface area contributed by atoms with E-state index in [9.17, 15) is 5.11 Å². The predicted octanol–water partition coefficient (Wildman–Crippen LogP) is 2.59. The number of aliphatic hydroxyl groups excluding tert-OH is 1. The summed E-state index contributed by atoms with van der Waals surface area (Å²) in [4.78, 5) is 0. The van der Waals surface area contributed by atoms with Crippen molar-refractivity contribution in [1.29, 1.82) is 0 Å². The summed E-state index contributed by atoms with van der Waals surface area (Å²) >= 11 is 3.35. The molecule has 0 bridgehead atoms. The Morgan fingerprint density at radius 3 is 2.80 bits per heavy atom. The zero-order valence-corrected chi connectivity index (χ0v) is 10.4. The number of aromatic nitrogens is 2. The molecule has 0 radical (unpaired) electrons. The molecule has 4 heteroatoms. The van der Waals surface area contributed by atoms with E-state index in [1.54, 1.807) is 6.20 Å². The van der Waals surface area contributed by atoms with Crippen molar-refractivity contribution in [2.75, 3.05) is 0 Å². The molecule has 1 saturated carbocycles. The summed E-state index contributed by atoms with van der Waals surface area (Å²) in [6.45, 7) is 0.621. The predicted molar refractivity (Wildman–Crippen MR) is 62.5 cm³/mol. The first kappa shape index (κ1) is 11.1. The van der Waals surface area contributed by atoms with E-state index in [2.05, 4.69) is 21.0 Å². The third kappa shape index (κ3) is 3.05. The zero-order chi connectivity index (χ0) is 10.7. The molecule has 1 aliphatic carbocycles. The Hall–Kier alpha value is -0.350. The standard InChI is InChI=1S/C11H17BrN2O/c12-10-6-13-14(7-10)8-11(15)9-4-2-1-3-5-9/h6-7,9,11,15H,1-5,8H2/t11-/m0/s1. The fraction of sp³-hybridized carbons (Fsp3) is 0.727. The van der Waals surface area contributed by atoms with Crippen molar-refractivity contribution in [2.24, 2.45) is 5.92 Å². The quantitative estimate of drug-likeness (QED) is 0.919. The maximum atomic E-state index is 10.1. The molecule has 0 unspecified atom stereocenters. The molecule has 0 saturated heterocycles. The van der Waals surface area contributed by atoms with E-state index >= 15 is 0 Å². The van der Waals surface area contributed by atoms with Gasteiger partial charge in [-0.3, -0.25) is 4.68 Å². The van der Waals surface area contributed by atoms with Crippen molar-refractivity contribution in [1.82, 2.24) is 9.78 Å². The molecule has 0 aliphatic heterocycles. The first-order chi connectivity index (χ1) is 7.25. The Kier molecular flexibility index (Phi) is 3.81. The number of aliphatic hydroxyl groups is 1. The van der Waals surface area contributed by atoms with E-state index in [1.165, 1.54) is 32.1 Å². The van der Waals surface area contributed by atoms with Crippen molar-refractivity contribution < 1.29 is 5.11 Å². The van der Waals surface area contributed by atoms with Crippen molar-refractivity contribution in [3.8, 4) is 0 Å². The van der Waals surface area contributed by atoms with Gasteiger partial charge in [0.2, 0.25) is 0 Å². The fourth-order valence-electron chi connectivity index (χ4n) is 2.30. The monoisotopic (exact) mass is 272 g/mol. The Balaban J connectivity index is 1.88. The largest absolute Gasteiger partial charge is 0.391 e. The van der Waals surface area contributed by atoms with Gasteiger partial charge in [0.25, 0.3) is 0 Å². The van der Waals surface area contributed by atoms with Crippen LogP contribution in [0, 0.1) is 5.92 Å². The van der Waals surface area contributed by atoms with Crippen molar-refractivity contribution in [3.05, 3.63) is 16.9 Å². The topological polar surface area (TPSA) is 38.0 Å². The molecule has 2 rings (SSSR count). The minimum atomic E-state index is -0.239. The molecule has 0 spiro atoms. The molecule has 84 valence electrons. The summed E-state index contributed by atoms with van der Waals surface area (Å²) in [6, 6.07) is 0. The van der Waals surface area contributed by atoms with Crippen LogP contribution >= 0.6 is 15.9 Å². The molecule has 0 aromatic carbocycles. The SMILES string of the molecule is O[C@@H](Cn1cc(Br)cn1)C1CCCCC1. The maximum absolute atomic E-state index is 10.1. The van der Waals surface area contributed by atoms with E-state index in [-0.39, 0.29) is 6.10 Å². The van der Waals surface area contributed by atoms with Crippen LogP contribution in [0.4, 0.5) is 0 Å². The van der Waals surface area contributed by atoms with Gasteiger partial charge in [0.05, 0.1) is 23.3 Å². The van der Waals surface area contributed by atoms with Gasteiger partial charge in [-0.25, -0.2) is 0 Å². The lowest BCUT2D eigenvalue weighted by molar-refractivity contribution is 0.0665. The summed E-state index contributed by atoms with van der Waals surface area (Å²) in [5, 5.41) is 14.2. The molecular formula is C11H17BrN2O. The first-order valence-corrected chi connectivity index (χ1v) is 6.41. The second kappa shape index (κ2) is 5.12. The molecule has 1 fully saturated rings. The number of nitrogens with zero attached hydrogens (tertiary/aromatic N) is 2. The summed E-state index contributed by atoms with van der Waals surface area (Å²) in [5.74, 6) is 0.474. The normalized spacial score (nSPS) is 20.4. The number of halogens is 1. The first-order valence-electron chi connectivity index (χ1n) is 5.62. The number of hydrogen-bond donors (Lipinski definition) is 1. The Morgan fingerprint density at radius 2 is 2.20 bits per heavy atom. The second-order valence-corrected chi connectivity index (χ2v) is 5.26. The summed E-state index contributed by atoms with van der Waals surface area (Å²) in [6.07, 6.45) is 9.63. The Labute approximate surface area is 98.6 Å². The van der Waals surface area contributed by atoms with Crippen LogP contribution in [0.1, 0.15) is 32.1 Å². The molecule has 1 aromatic rings. The van der Waals surface area contributed by atoms with Gasteiger partial charge < -0.3 is 5.11 Å². The highest BCUT2D eigenvalue weighted by Crippen LogP contribution is 2.27. The van der Waals surface area contributed by atoms with Crippen molar-refractivity contribution in [2.45, 2.75) is 44.8 Å². The van der Waals surface area contributed by atoms with Crippen LogP contribution in [-0.4, -0.2) is 21.0 Å². The fourth-order valence-corrected chi connectivity index (χ4v) is 2.63. The minimum Gasteiger partial charge on any atom is -0.391 e. The van der Waals surface area contributed by atoms with Crippen LogP contribution in [0.15, 0.2) is 16.9 Å². The molecule has 1 N–H and O–H groups in total. The van der Waals surface area contributed by atoms with Gasteiger partial charge in [-0.05, 0) is 34.7 Å². The van der Waals surface area contributed by atoms with Gasteiger partial charge in [-0.1, -0.05) is 19.3 Å². The van der Waals surface area contributed by atoms with E-state index in [0.717, 1.165) is 4.47 Å². The number of rotatable bonds is 3. The van der Waals surface area contributed by atoms with E-state index < -0.39 is 0 Å². The summed E-state index contributed by atoms with van der Waals surface area (Å²) in [7, 11) is 0. The van der Waals surface area contributed by atoms with Crippen LogP contribution < -0.4 is 0 Å². The van der Waals surface area contributed by atoms with Gasteiger partial charge in [-0.2, -0.15) is 5.10 Å². The highest BCUT2D eigenvalue weighted by molar-refractivity contribution is 9.10. The average Bonchev–Trinajstić information content (AvgIpc) is 2.65. The lowest BCUT2D eigenvalue weighted by Crippen LogP contribution is -2.27. The van der Waals surface area contributed by atoms with E-state index in [0.29, 0.717) is 12.5 Å². The second-order valence-electron chi connectivity index (χ2n) is 4.35. The van der Waals surface area contributed by atoms with Gasteiger partial charge >= 0.3 is 0 Å². The zero-order valence-electron chi connectivity index (χ0n) is 8.77. The average molecular weight is 273 g/mol. The van der Waals surface area contributed by atoms with Crippen LogP contribution in [0.3, 0.4) is 0 Å². The third-order valence-corrected chi connectivity index (χ3v) is 3.58. The molecule has 1 heterocycles. The highest BCUT2D eigenvalue weighted by Gasteiger charge is 2.21. The minimum absolute atomic E-state index is 0.239. The molecule has 0 amide bonds. The molecule has 15 heavy (non-hydrogen) atoms. The Bertz CT molecular complexity index is 307. The van der Waals surface area contributed by atoms with Gasteiger partial charge in [0.1, 0.15) is 0 Å². The molecule has 1 atom stereocenters. The number of hydrogen-bond acceptors (Lipinski definition) is 2. The Morgan fingerprint density at radius 1 is 1.47 bits per heavy atom. The molecule has 1 aliphatic rings. The summed E-state index contributed by atoms with van der Waals surface area (Å²) < 4.78 is 2.78. The highest BCUT2D eigenvalue weighted by atomic mass is 79.9. The van der Waals surface area contributed by atoms with Gasteiger partial charge in [0.15, 0.2) is 0 Å². The lowest BCUT2D eigenvalue weighted by atomic mass is 9.85. The van der Waals surface area contributed by atoms with E-state index in [4.69, 9.17) is 0 Å². The van der Waals surface area contributed by atoms with Crippen molar-refractivity contribution >= 4 is 15.9 Å². The van der Waals surface area contributed by atoms with Gasteiger partial charge in [0, 0.05) is 6.20 Å². The van der Waals surface area contributed by atoms with Crippen molar-refractivity contribution in [3.63, 3.8) is 0 Å². The molecular weight excluding hydrogens is 256 g/mol. The summed E-state index contributed by atoms with van der Waals surface area (Å²) in [5.41, 5.74) is 0. The van der Waals surface area contributed by atoms with E-state index in [1.807, 2.05) is 10.9 Å². The van der Waals surface area contributed by atoms with Crippen LogP contribution in [0.2, 0.25) is 0 Å². The van der Waals surface area contributed by atoms with Crippen LogP contribution in [0.25, 0.3) is 0 Å². The van der Waals surface area contributed by atoms with Gasteiger partial charge in [-0.15, -0.1) is 0 Å². The molecule has 1 aromatic heterocycles. The lowest BCUT2D eigenvalue weighted by Gasteiger charge is -2.26. The molecule has 3 nitrogen and oxygen atoms in total. The third-order valence-electron chi connectivity index (χ3n) is 3.17. The van der Waals surface area contributed by atoms with Crippen LogP contribution in [0.5, 0.6) is 0 Å². The smallest absolute Gasteiger partial charge is 0.0764 e. The maximum Gasteiger partial charge on any atom is 0.0764 e. The van der Waals surface area contributed by atoms with Crippen LogP contribution in [-0.2, 0) is 6.54 Å².